The fraction of sp³-hybridized carbons (Fsp3) is 0.667. The molecule has 2 heterocycles. The number of nitrogens with two attached hydrogens (primary N) is 1. The molecule has 0 saturated heterocycles. The summed E-state index contributed by atoms with van der Waals surface area (Å²) in [5.41, 5.74) is 5.80. The molecule has 1 amide bonds. The normalized spacial score (nSPS) is 17.9. The standard InChI is InChI=1S/C12H20N4O2/c1-8(18-2)11(13)12(17)15-10-7-14-9-5-3-4-6-16(9)10/h7-8,11H,3-6,13H2,1-2H3,(H,15,17)/t8-,11+/m1/s1. The molecule has 3 N–H and O–H groups in total. The molecule has 0 spiro atoms. The van der Waals surface area contributed by atoms with E-state index in [1.807, 2.05) is 4.57 Å². The van der Waals surface area contributed by atoms with Gasteiger partial charge >= 0.3 is 0 Å². The quantitative estimate of drug-likeness (QED) is 0.818. The summed E-state index contributed by atoms with van der Waals surface area (Å²) in [6, 6.07) is -0.676. The van der Waals surface area contributed by atoms with Crippen molar-refractivity contribution in [1.29, 1.82) is 0 Å². The number of nitrogens with zero attached hydrogens (tertiary/aromatic N) is 2. The lowest BCUT2D eigenvalue weighted by Crippen LogP contribution is -2.44. The van der Waals surface area contributed by atoms with E-state index >= 15 is 0 Å². The van der Waals surface area contributed by atoms with Crippen molar-refractivity contribution in [3.05, 3.63) is 12.0 Å². The van der Waals surface area contributed by atoms with Crippen LogP contribution in [0.4, 0.5) is 5.82 Å². The summed E-state index contributed by atoms with van der Waals surface area (Å²) in [5, 5.41) is 2.82. The summed E-state index contributed by atoms with van der Waals surface area (Å²) in [4.78, 5) is 16.2. The van der Waals surface area contributed by atoms with Gasteiger partial charge in [-0.15, -0.1) is 0 Å². The number of hydrogen-bond acceptors (Lipinski definition) is 4. The number of aryl methyl sites for hydroxylation is 1. The van der Waals surface area contributed by atoms with E-state index in [9.17, 15) is 4.79 Å². The van der Waals surface area contributed by atoms with Crippen LogP contribution in [0.25, 0.3) is 0 Å². The number of imidazole rings is 1. The number of fused-ring (bicyclic) bond motifs is 1. The van der Waals surface area contributed by atoms with E-state index in [1.165, 1.54) is 0 Å². The third-order valence-electron chi connectivity index (χ3n) is 3.40. The maximum atomic E-state index is 11.9. The van der Waals surface area contributed by atoms with E-state index in [1.54, 1.807) is 20.2 Å². The number of aromatic nitrogens is 2. The predicted octanol–water partition coefficient (Wildman–Crippen LogP) is 0.520. The summed E-state index contributed by atoms with van der Waals surface area (Å²) in [5.74, 6) is 1.52. The van der Waals surface area contributed by atoms with Crippen molar-refractivity contribution in [2.75, 3.05) is 12.4 Å². The van der Waals surface area contributed by atoms with Crippen LogP contribution in [0, 0.1) is 0 Å². The van der Waals surface area contributed by atoms with Crippen LogP contribution < -0.4 is 11.1 Å². The molecule has 0 bridgehead atoms. The van der Waals surface area contributed by atoms with E-state index in [2.05, 4.69) is 10.3 Å². The van der Waals surface area contributed by atoms with Crippen molar-refractivity contribution in [2.45, 2.75) is 44.9 Å². The molecule has 0 aliphatic carbocycles. The molecule has 1 aromatic heterocycles. The molecule has 0 unspecified atom stereocenters. The summed E-state index contributed by atoms with van der Waals surface area (Å²) >= 11 is 0. The fourth-order valence-corrected chi connectivity index (χ4v) is 2.09. The topological polar surface area (TPSA) is 82.2 Å². The van der Waals surface area contributed by atoms with Crippen LogP contribution in [-0.2, 0) is 22.5 Å². The highest BCUT2D eigenvalue weighted by Crippen LogP contribution is 2.19. The molecule has 2 atom stereocenters. The molecule has 100 valence electrons. The molecule has 0 fully saturated rings. The second-order valence-corrected chi connectivity index (χ2v) is 4.62. The highest BCUT2D eigenvalue weighted by Gasteiger charge is 2.22. The molecule has 1 aliphatic rings. The van der Waals surface area contributed by atoms with E-state index in [-0.39, 0.29) is 12.0 Å². The van der Waals surface area contributed by atoms with Crippen molar-refractivity contribution >= 4 is 11.7 Å². The van der Waals surface area contributed by atoms with Gasteiger partial charge in [0.2, 0.25) is 5.91 Å². The first-order chi connectivity index (χ1) is 8.63. The maximum absolute atomic E-state index is 11.9. The van der Waals surface area contributed by atoms with Gasteiger partial charge in [-0.1, -0.05) is 0 Å². The van der Waals surface area contributed by atoms with E-state index in [0.29, 0.717) is 0 Å². The largest absolute Gasteiger partial charge is 0.380 e. The van der Waals surface area contributed by atoms with Gasteiger partial charge in [0.25, 0.3) is 0 Å². The molecule has 1 aromatic rings. The monoisotopic (exact) mass is 252 g/mol. The van der Waals surface area contributed by atoms with Crippen LogP contribution in [0.1, 0.15) is 25.6 Å². The number of hydrogen-bond donors (Lipinski definition) is 2. The third kappa shape index (κ3) is 2.54. The Balaban J connectivity index is 2.05. The minimum atomic E-state index is -0.676. The highest BCUT2D eigenvalue weighted by molar-refractivity contribution is 5.94. The Kier molecular flexibility index (Phi) is 3.98. The van der Waals surface area contributed by atoms with Crippen molar-refractivity contribution in [1.82, 2.24) is 9.55 Å². The Bertz CT molecular complexity index is 430. The molecule has 2 rings (SSSR count). The van der Waals surface area contributed by atoms with Crippen LogP contribution in [0.2, 0.25) is 0 Å². The fourth-order valence-electron chi connectivity index (χ4n) is 2.09. The number of amides is 1. The lowest BCUT2D eigenvalue weighted by molar-refractivity contribution is -0.120. The number of nitrogens with one attached hydrogen (secondary N) is 1. The highest BCUT2D eigenvalue weighted by atomic mass is 16.5. The minimum absolute atomic E-state index is 0.238. The SMILES string of the molecule is CO[C@H](C)[C@H](N)C(=O)Nc1cnc2n1CCCC2. The number of anilines is 1. The van der Waals surface area contributed by atoms with Gasteiger partial charge < -0.3 is 20.4 Å². The third-order valence-corrected chi connectivity index (χ3v) is 3.40. The Morgan fingerprint density at radius 1 is 1.61 bits per heavy atom. The zero-order chi connectivity index (χ0) is 13.1. The second-order valence-electron chi connectivity index (χ2n) is 4.62. The van der Waals surface area contributed by atoms with Crippen LogP contribution in [-0.4, -0.2) is 34.7 Å². The van der Waals surface area contributed by atoms with Gasteiger partial charge in [0.15, 0.2) is 0 Å². The Morgan fingerprint density at radius 3 is 3.11 bits per heavy atom. The lowest BCUT2D eigenvalue weighted by Gasteiger charge is -2.20. The molecule has 0 aromatic carbocycles. The van der Waals surface area contributed by atoms with E-state index in [0.717, 1.165) is 37.4 Å². The van der Waals surface area contributed by atoms with Crippen LogP contribution in [0.3, 0.4) is 0 Å². The van der Waals surface area contributed by atoms with Gasteiger partial charge in [-0.3, -0.25) is 4.79 Å². The smallest absolute Gasteiger partial charge is 0.245 e. The number of methoxy groups -OCH3 is 1. The summed E-state index contributed by atoms with van der Waals surface area (Å²) in [7, 11) is 1.54. The molecule has 6 heteroatoms. The Labute approximate surface area is 107 Å². The zero-order valence-corrected chi connectivity index (χ0v) is 10.8. The number of carbonyl (C=O) groups excluding carboxylic acids is 1. The van der Waals surface area contributed by atoms with Gasteiger partial charge in [-0.05, 0) is 19.8 Å². The predicted molar refractivity (Wildman–Crippen MR) is 68.2 cm³/mol. The van der Waals surface area contributed by atoms with E-state index in [4.69, 9.17) is 10.5 Å². The Morgan fingerprint density at radius 2 is 2.39 bits per heavy atom. The summed E-state index contributed by atoms with van der Waals surface area (Å²) in [6.07, 6.45) is 4.63. The van der Waals surface area contributed by atoms with Crippen LogP contribution in [0.5, 0.6) is 0 Å². The van der Waals surface area contributed by atoms with Crippen molar-refractivity contribution < 1.29 is 9.53 Å². The number of carbonyl (C=O) groups is 1. The van der Waals surface area contributed by atoms with Gasteiger partial charge in [-0.25, -0.2) is 4.98 Å². The molecular weight excluding hydrogens is 232 g/mol. The van der Waals surface area contributed by atoms with Crippen LogP contribution >= 0.6 is 0 Å². The number of rotatable bonds is 4. The lowest BCUT2D eigenvalue weighted by atomic mass is 10.1. The zero-order valence-electron chi connectivity index (χ0n) is 10.8. The average molecular weight is 252 g/mol. The first kappa shape index (κ1) is 13.0. The molecular formula is C12H20N4O2. The Hall–Kier alpha value is -1.40. The summed E-state index contributed by atoms with van der Waals surface area (Å²) in [6.45, 7) is 2.68. The van der Waals surface area contributed by atoms with Gasteiger partial charge in [0.05, 0.1) is 12.3 Å². The molecule has 6 nitrogen and oxygen atoms in total. The van der Waals surface area contributed by atoms with Crippen molar-refractivity contribution in [3.63, 3.8) is 0 Å². The van der Waals surface area contributed by atoms with Gasteiger partial charge in [0, 0.05) is 20.1 Å². The van der Waals surface area contributed by atoms with Crippen molar-refractivity contribution in [3.8, 4) is 0 Å². The van der Waals surface area contributed by atoms with E-state index < -0.39 is 6.04 Å². The minimum Gasteiger partial charge on any atom is -0.380 e. The molecule has 0 saturated carbocycles. The molecule has 18 heavy (non-hydrogen) atoms. The average Bonchev–Trinajstić information content (AvgIpc) is 2.80. The molecule has 0 radical (unpaired) electrons. The number of ether oxygens (including phenoxy) is 1. The summed E-state index contributed by atoms with van der Waals surface area (Å²) < 4.78 is 7.10. The van der Waals surface area contributed by atoms with Gasteiger partial charge in [-0.2, -0.15) is 0 Å². The maximum Gasteiger partial charge on any atom is 0.245 e. The first-order valence-electron chi connectivity index (χ1n) is 6.27. The van der Waals surface area contributed by atoms with Crippen LogP contribution in [0.15, 0.2) is 6.20 Å². The molecule has 1 aliphatic heterocycles. The van der Waals surface area contributed by atoms with Gasteiger partial charge in [0.1, 0.15) is 17.7 Å². The van der Waals surface area contributed by atoms with Crippen molar-refractivity contribution in [2.24, 2.45) is 5.73 Å². The first-order valence-corrected chi connectivity index (χ1v) is 6.27. The second kappa shape index (κ2) is 5.49.